The summed E-state index contributed by atoms with van der Waals surface area (Å²) in [7, 11) is 0. The van der Waals surface area contributed by atoms with Crippen LogP contribution in [0.1, 0.15) is 12.6 Å². The summed E-state index contributed by atoms with van der Waals surface area (Å²) < 4.78 is 1.86. The maximum atomic E-state index is 12.0. The van der Waals surface area contributed by atoms with Crippen molar-refractivity contribution in [1.82, 2.24) is 10.2 Å². The zero-order valence-electron chi connectivity index (χ0n) is 17.0. The lowest BCUT2D eigenvalue weighted by atomic mass is 10.2. The lowest BCUT2D eigenvalue weighted by Gasteiger charge is -2.23. The Bertz CT molecular complexity index is 739. The van der Waals surface area contributed by atoms with Crippen LogP contribution in [0.15, 0.2) is 66.5 Å². The molecule has 0 radical (unpaired) electrons. The summed E-state index contributed by atoms with van der Waals surface area (Å²) in [6.07, 6.45) is 11.4. The van der Waals surface area contributed by atoms with Crippen molar-refractivity contribution in [2.45, 2.75) is 13.5 Å². The molecule has 6 nitrogen and oxygen atoms in total. The fourth-order valence-electron chi connectivity index (χ4n) is 2.63. The van der Waals surface area contributed by atoms with Gasteiger partial charge in [0.2, 0.25) is 12.2 Å². The van der Waals surface area contributed by atoms with Crippen molar-refractivity contribution in [2.24, 2.45) is 0 Å². The zero-order valence-corrected chi connectivity index (χ0v) is 17.9. The van der Waals surface area contributed by atoms with E-state index in [0.29, 0.717) is 25.4 Å². The second-order valence-electron chi connectivity index (χ2n) is 6.22. The molecule has 29 heavy (non-hydrogen) atoms. The number of aliphatic hydroxyl groups is 2. The minimum Gasteiger partial charge on any atom is -0.395 e. The van der Waals surface area contributed by atoms with Crippen LogP contribution in [0.3, 0.4) is 0 Å². The molecule has 0 fully saturated rings. The second kappa shape index (κ2) is 14.6. The molecule has 1 aromatic rings. The van der Waals surface area contributed by atoms with E-state index >= 15 is 0 Å². The molecule has 0 saturated heterocycles. The van der Waals surface area contributed by atoms with Crippen LogP contribution in [-0.2, 0) is 11.3 Å². The third kappa shape index (κ3) is 9.60. The minimum atomic E-state index is -0.0609. The smallest absolute Gasteiger partial charge is 0.286 e. The fourth-order valence-corrected chi connectivity index (χ4v) is 2.74. The van der Waals surface area contributed by atoms with E-state index in [1.54, 1.807) is 0 Å². The Morgan fingerprint density at radius 1 is 1.24 bits per heavy atom. The molecule has 7 heteroatoms. The summed E-state index contributed by atoms with van der Waals surface area (Å²) in [6.45, 7) is 7.66. The number of rotatable bonds is 13. The normalized spacial score (nSPS) is 11.9. The van der Waals surface area contributed by atoms with Crippen LogP contribution in [-0.4, -0.2) is 59.6 Å². The monoisotopic (exact) mass is 418 g/mol. The van der Waals surface area contributed by atoms with E-state index in [-0.39, 0.29) is 25.7 Å². The molecule has 0 atom stereocenters. The predicted octanol–water partition coefficient (Wildman–Crippen LogP) is 1.34. The molecule has 0 unspecified atom stereocenters. The fraction of sp³-hybridized carbons (Fsp3) is 0.364. The third-order valence-electron chi connectivity index (χ3n) is 4.06. The van der Waals surface area contributed by atoms with Crippen LogP contribution in [0, 0.1) is 0 Å². The maximum Gasteiger partial charge on any atom is 0.286 e. The van der Waals surface area contributed by atoms with Gasteiger partial charge in [-0.1, -0.05) is 18.7 Å². The molecule has 0 aliphatic carbocycles. The Morgan fingerprint density at radius 3 is 2.59 bits per heavy atom. The number of aromatic nitrogens is 1. The molecule has 0 bridgehead atoms. The van der Waals surface area contributed by atoms with Gasteiger partial charge in [-0.15, -0.1) is 0 Å². The van der Waals surface area contributed by atoms with Gasteiger partial charge >= 0.3 is 0 Å². The van der Waals surface area contributed by atoms with Crippen molar-refractivity contribution in [1.29, 1.82) is 0 Å². The Hall–Kier alpha value is -2.35. The molecule has 1 amide bonds. The van der Waals surface area contributed by atoms with Crippen molar-refractivity contribution in [3.63, 3.8) is 0 Å². The number of pyridine rings is 1. The highest BCUT2D eigenvalue weighted by Crippen LogP contribution is 2.09. The van der Waals surface area contributed by atoms with E-state index in [1.165, 1.54) is 0 Å². The summed E-state index contributed by atoms with van der Waals surface area (Å²) in [4.78, 5) is 13.9. The Kier molecular flexibility index (Phi) is 12.4. The number of amides is 1. The van der Waals surface area contributed by atoms with Gasteiger partial charge in [-0.3, -0.25) is 4.79 Å². The van der Waals surface area contributed by atoms with E-state index < -0.39 is 0 Å². The van der Waals surface area contributed by atoms with Gasteiger partial charge in [0.1, 0.15) is 0 Å². The van der Waals surface area contributed by atoms with E-state index in [9.17, 15) is 15.0 Å². The summed E-state index contributed by atoms with van der Waals surface area (Å²) in [5.41, 5.74) is 2.57. The molecule has 1 rings (SSSR count). The van der Waals surface area contributed by atoms with Gasteiger partial charge < -0.3 is 20.4 Å². The number of nitrogens with one attached hydrogen (secondary N) is 1. The van der Waals surface area contributed by atoms with Gasteiger partial charge in [0, 0.05) is 49.3 Å². The van der Waals surface area contributed by atoms with Gasteiger partial charge in [-0.25, -0.2) is 0 Å². The van der Waals surface area contributed by atoms with Crippen LogP contribution < -0.4 is 9.88 Å². The number of hydrogen-bond donors (Lipinski definition) is 4. The van der Waals surface area contributed by atoms with Crippen LogP contribution in [0.4, 0.5) is 0 Å². The van der Waals surface area contributed by atoms with Crippen molar-refractivity contribution in [2.75, 3.05) is 38.6 Å². The molecule has 1 aromatic heterocycles. The zero-order chi connectivity index (χ0) is 21.5. The van der Waals surface area contributed by atoms with Crippen LogP contribution in [0.25, 0.3) is 6.08 Å². The van der Waals surface area contributed by atoms with E-state index in [1.807, 2.05) is 71.2 Å². The number of hydrogen-bond acceptors (Lipinski definition) is 5. The van der Waals surface area contributed by atoms with Gasteiger partial charge in [-0.05, 0) is 30.7 Å². The Labute approximate surface area is 179 Å². The van der Waals surface area contributed by atoms with Crippen LogP contribution in [0.2, 0.25) is 0 Å². The number of aliphatic hydroxyl groups excluding tert-OH is 2. The topological polar surface area (TPSA) is 76.7 Å². The van der Waals surface area contributed by atoms with Crippen molar-refractivity contribution < 1.29 is 19.6 Å². The van der Waals surface area contributed by atoms with Crippen molar-refractivity contribution >= 4 is 24.6 Å². The molecule has 0 aliphatic rings. The molecule has 3 N–H and O–H groups in total. The first-order valence-corrected chi connectivity index (χ1v) is 10.2. The quantitative estimate of drug-likeness (QED) is 0.222. The second-order valence-corrected chi connectivity index (χ2v) is 6.66. The standard InChI is InChI=1S/C22H31N3O3S/c1-3-20(24(13-15-26)14-16-27)9-7-19(2)8-10-21-6-4-5-12-25(21)18-22(28)23-11-17-29/h3-10,12,26-27H,2,11,13-18H2,1H3,(H-,23,28,29)/p+1/b9-7-,10-8+,20-3+. The first-order valence-electron chi connectivity index (χ1n) is 9.59. The minimum absolute atomic E-state index is 0.0155. The van der Waals surface area contributed by atoms with Gasteiger partial charge in [0.05, 0.1) is 13.2 Å². The van der Waals surface area contributed by atoms with Crippen molar-refractivity contribution in [3.05, 3.63) is 72.2 Å². The number of nitrogens with zero attached hydrogens (tertiary/aromatic N) is 2. The van der Waals surface area contributed by atoms with E-state index in [4.69, 9.17) is 0 Å². The molecule has 0 saturated carbocycles. The molecule has 0 aromatic carbocycles. The highest BCUT2D eigenvalue weighted by Gasteiger charge is 2.12. The lowest BCUT2D eigenvalue weighted by Crippen LogP contribution is -2.45. The highest BCUT2D eigenvalue weighted by atomic mass is 32.1. The maximum absolute atomic E-state index is 12.0. The number of carbonyl (C=O) groups excluding carboxylic acids is 1. The third-order valence-corrected chi connectivity index (χ3v) is 4.28. The predicted molar refractivity (Wildman–Crippen MR) is 120 cm³/mol. The molecule has 0 aliphatic heterocycles. The lowest BCUT2D eigenvalue weighted by molar-refractivity contribution is -0.686. The first kappa shape index (κ1) is 24.7. The summed E-state index contributed by atoms with van der Waals surface area (Å²) in [6, 6.07) is 5.73. The molecule has 1 heterocycles. The summed E-state index contributed by atoms with van der Waals surface area (Å²) in [5, 5.41) is 21.2. The average molecular weight is 419 g/mol. The van der Waals surface area contributed by atoms with Crippen LogP contribution >= 0.6 is 12.6 Å². The SMILES string of the molecule is C=C(/C=C\C(=C/C)N(CCO)CCO)/C=C/c1cccc[n+]1CC(=O)NCCS. The summed E-state index contributed by atoms with van der Waals surface area (Å²) in [5.74, 6) is 0.543. The van der Waals surface area contributed by atoms with Gasteiger partial charge in [-0.2, -0.15) is 17.2 Å². The highest BCUT2D eigenvalue weighted by molar-refractivity contribution is 7.80. The van der Waals surface area contributed by atoms with Gasteiger partial charge in [0.25, 0.3) is 5.91 Å². The molecule has 0 spiro atoms. The van der Waals surface area contributed by atoms with Gasteiger partial charge in [0.15, 0.2) is 6.20 Å². The number of allylic oxidation sites excluding steroid dienone is 5. The molecular weight excluding hydrogens is 386 g/mol. The van der Waals surface area contributed by atoms with E-state index in [2.05, 4.69) is 24.5 Å². The number of carbonyl (C=O) groups is 1. The van der Waals surface area contributed by atoms with E-state index in [0.717, 1.165) is 17.0 Å². The first-order chi connectivity index (χ1) is 14.0. The Balaban J connectivity index is 2.81. The largest absolute Gasteiger partial charge is 0.395 e. The van der Waals surface area contributed by atoms with Crippen LogP contribution in [0.5, 0.6) is 0 Å². The Morgan fingerprint density at radius 2 is 1.97 bits per heavy atom. The average Bonchev–Trinajstić information content (AvgIpc) is 2.72. The molecule has 158 valence electrons. The summed E-state index contributed by atoms with van der Waals surface area (Å²) >= 11 is 4.09. The molecular formula is C22H32N3O3S+. The number of thiol groups is 1. The van der Waals surface area contributed by atoms with Crippen molar-refractivity contribution in [3.8, 4) is 0 Å².